The van der Waals surface area contributed by atoms with Crippen molar-refractivity contribution in [2.45, 2.75) is 13.8 Å². The van der Waals surface area contributed by atoms with Crippen LogP contribution in [0.4, 0.5) is 5.69 Å². The first-order valence-corrected chi connectivity index (χ1v) is 6.78. The number of hydrogen-bond acceptors (Lipinski definition) is 2. The number of halogens is 1. The van der Waals surface area contributed by atoms with Crippen molar-refractivity contribution in [2.75, 3.05) is 11.9 Å². The molecule has 0 fully saturated rings. The maximum absolute atomic E-state index is 12.2. The zero-order valence-electron chi connectivity index (χ0n) is 11.4. The van der Waals surface area contributed by atoms with Crippen molar-refractivity contribution in [1.82, 2.24) is 0 Å². The van der Waals surface area contributed by atoms with Gasteiger partial charge in [0, 0.05) is 5.69 Å². The van der Waals surface area contributed by atoms with Gasteiger partial charge in [-0.3, -0.25) is 4.79 Å². The average molecular weight is 290 g/mol. The molecule has 1 amide bonds. The molecule has 2 aromatic rings. The summed E-state index contributed by atoms with van der Waals surface area (Å²) >= 11 is 6.04. The topological polar surface area (TPSA) is 38.3 Å². The number of carbonyl (C=O) groups is 1. The molecule has 0 aliphatic rings. The van der Waals surface area contributed by atoms with Crippen LogP contribution in [0.1, 0.15) is 22.8 Å². The van der Waals surface area contributed by atoms with Crippen LogP contribution < -0.4 is 10.1 Å². The molecule has 0 saturated carbocycles. The predicted octanol–water partition coefficient (Wildman–Crippen LogP) is 4.30. The Hall–Kier alpha value is -2.00. The Labute approximate surface area is 123 Å². The van der Waals surface area contributed by atoms with Crippen LogP contribution in [0.5, 0.6) is 5.75 Å². The molecule has 0 aliphatic heterocycles. The van der Waals surface area contributed by atoms with Gasteiger partial charge < -0.3 is 10.1 Å². The highest BCUT2D eigenvalue weighted by molar-refractivity contribution is 6.34. The predicted molar refractivity (Wildman–Crippen MR) is 81.8 cm³/mol. The molecule has 0 unspecified atom stereocenters. The van der Waals surface area contributed by atoms with Gasteiger partial charge in [0.1, 0.15) is 5.75 Å². The van der Waals surface area contributed by atoms with Crippen molar-refractivity contribution in [3.05, 3.63) is 58.6 Å². The molecule has 0 spiro atoms. The normalized spacial score (nSPS) is 10.2. The van der Waals surface area contributed by atoms with Gasteiger partial charge in [-0.25, -0.2) is 0 Å². The number of rotatable bonds is 4. The third-order valence-corrected chi connectivity index (χ3v) is 3.12. The van der Waals surface area contributed by atoms with Crippen LogP contribution in [0.2, 0.25) is 5.02 Å². The summed E-state index contributed by atoms with van der Waals surface area (Å²) in [5, 5.41) is 3.26. The second-order valence-corrected chi connectivity index (χ2v) is 4.80. The quantitative estimate of drug-likeness (QED) is 0.911. The van der Waals surface area contributed by atoms with Gasteiger partial charge in [-0.1, -0.05) is 23.2 Å². The maximum Gasteiger partial charge on any atom is 0.257 e. The fraction of sp³-hybridized carbons (Fsp3) is 0.188. The molecular weight excluding hydrogens is 274 g/mol. The highest BCUT2D eigenvalue weighted by Crippen LogP contribution is 2.20. The number of anilines is 1. The van der Waals surface area contributed by atoms with E-state index in [4.69, 9.17) is 16.3 Å². The number of amides is 1. The minimum absolute atomic E-state index is 0.220. The minimum atomic E-state index is -0.220. The molecule has 104 valence electrons. The zero-order chi connectivity index (χ0) is 14.5. The average Bonchev–Trinajstić information content (AvgIpc) is 2.44. The Balaban J connectivity index is 2.13. The van der Waals surface area contributed by atoms with E-state index in [0.29, 0.717) is 22.9 Å². The van der Waals surface area contributed by atoms with Gasteiger partial charge >= 0.3 is 0 Å². The molecule has 1 N–H and O–H groups in total. The Bertz CT molecular complexity index is 608. The van der Waals surface area contributed by atoms with Crippen molar-refractivity contribution >= 4 is 23.2 Å². The van der Waals surface area contributed by atoms with E-state index in [9.17, 15) is 4.79 Å². The van der Waals surface area contributed by atoms with Crippen molar-refractivity contribution in [3.63, 3.8) is 0 Å². The molecule has 4 heteroatoms. The van der Waals surface area contributed by atoms with E-state index in [-0.39, 0.29) is 5.91 Å². The number of nitrogens with one attached hydrogen (secondary N) is 1. The van der Waals surface area contributed by atoms with Gasteiger partial charge in [-0.15, -0.1) is 0 Å². The molecule has 3 nitrogen and oxygen atoms in total. The van der Waals surface area contributed by atoms with Crippen LogP contribution in [0, 0.1) is 6.92 Å². The summed E-state index contributed by atoms with van der Waals surface area (Å²) in [6, 6.07) is 12.6. The highest BCUT2D eigenvalue weighted by Gasteiger charge is 2.10. The molecule has 0 aromatic heterocycles. The van der Waals surface area contributed by atoms with Gasteiger partial charge in [0.05, 0.1) is 17.2 Å². The first-order valence-electron chi connectivity index (χ1n) is 6.40. The van der Waals surface area contributed by atoms with E-state index < -0.39 is 0 Å². The number of ether oxygens (including phenoxy) is 1. The third-order valence-electron chi connectivity index (χ3n) is 2.79. The Kier molecular flexibility index (Phi) is 4.64. The van der Waals surface area contributed by atoms with Gasteiger partial charge in [0.25, 0.3) is 5.91 Å². The standard InChI is InChI=1S/C16H16ClNO2/c1-3-20-13-7-5-12(6-8-13)18-16(19)14-10-11(2)4-9-15(14)17/h4-10H,3H2,1-2H3,(H,18,19). The van der Waals surface area contributed by atoms with Crippen molar-refractivity contribution in [3.8, 4) is 5.75 Å². The Morgan fingerprint density at radius 1 is 1.20 bits per heavy atom. The van der Waals surface area contributed by atoms with Crippen molar-refractivity contribution in [2.24, 2.45) is 0 Å². The van der Waals surface area contributed by atoms with Crippen LogP contribution in [0.3, 0.4) is 0 Å². The lowest BCUT2D eigenvalue weighted by atomic mass is 10.1. The molecule has 0 radical (unpaired) electrons. The van der Waals surface area contributed by atoms with Gasteiger partial charge in [-0.2, -0.15) is 0 Å². The largest absolute Gasteiger partial charge is 0.494 e. The summed E-state index contributed by atoms with van der Waals surface area (Å²) < 4.78 is 5.35. The lowest BCUT2D eigenvalue weighted by Gasteiger charge is -2.08. The van der Waals surface area contributed by atoms with E-state index >= 15 is 0 Å². The third kappa shape index (κ3) is 3.52. The molecule has 0 saturated heterocycles. The van der Waals surface area contributed by atoms with Crippen LogP contribution in [0.15, 0.2) is 42.5 Å². The van der Waals surface area contributed by atoms with E-state index in [0.717, 1.165) is 11.3 Å². The van der Waals surface area contributed by atoms with E-state index in [2.05, 4.69) is 5.32 Å². The summed E-state index contributed by atoms with van der Waals surface area (Å²) in [6.45, 7) is 4.46. The number of carbonyl (C=O) groups excluding carboxylic acids is 1. The maximum atomic E-state index is 12.2. The summed E-state index contributed by atoms with van der Waals surface area (Å²) in [7, 11) is 0. The fourth-order valence-corrected chi connectivity index (χ4v) is 2.02. The molecule has 0 heterocycles. The lowest BCUT2D eigenvalue weighted by Crippen LogP contribution is -2.12. The Morgan fingerprint density at radius 2 is 1.90 bits per heavy atom. The molecular formula is C16H16ClNO2. The molecule has 0 bridgehead atoms. The van der Waals surface area contributed by atoms with Crippen LogP contribution in [0.25, 0.3) is 0 Å². The summed E-state index contributed by atoms with van der Waals surface area (Å²) in [5.74, 6) is 0.557. The first-order chi connectivity index (χ1) is 9.60. The lowest BCUT2D eigenvalue weighted by molar-refractivity contribution is 0.102. The van der Waals surface area contributed by atoms with Gasteiger partial charge in [0.2, 0.25) is 0 Å². The SMILES string of the molecule is CCOc1ccc(NC(=O)c2cc(C)ccc2Cl)cc1. The van der Waals surface area contributed by atoms with E-state index in [1.165, 1.54) is 0 Å². The highest BCUT2D eigenvalue weighted by atomic mass is 35.5. The van der Waals surface area contributed by atoms with Crippen molar-refractivity contribution in [1.29, 1.82) is 0 Å². The second-order valence-electron chi connectivity index (χ2n) is 4.39. The molecule has 2 rings (SSSR count). The van der Waals surface area contributed by atoms with Gasteiger partial charge in [0.15, 0.2) is 0 Å². The van der Waals surface area contributed by atoms with E-state index in [1.54, 1.807) is 24.3 Å². The second kappa shape index (κ2) is 6.44. The minimum Gasteiger partial charge on any atom is -0.494 e. The van der Waals surface area contributed by atoms with Gasteiger partial charge in [-0.05, 0) is 50.2 Å². The molecule has 20 heavy (non-hydrogen) atoms. The fourth-order valence-electron chi connectivity index (χ4n) is 1.81. The van der Waals surface area contributed by atoms with Crippen molar-refractivity contribution < 1.29 is 9.53 Å². The monoisotopic (exact) mass is 289 g/mol. The molecule has 0 aliphatic carbocycles. The summed E-state index contributed by atoms with van der Waals surface area (Å²) in [5.41, 5.74) is 2.17. The number of benzene rings is 2. The molecule has 2 aromatic carbocycles. The van der Waals surface area contributed by atoms with E-state index in [1.807, 2.05) is 32.0 Å². The number of aryl methyl sites for hydroxylation is 1. The summed E-state index contributed by atoms with van der Waals surface area (Å²) in [4.78, 5) is 12.2. The number of hydrogen-bond donors (Lipinski definition) is 1. The smallest absolute Gasteiger partial charge is 0.257 e. The Morgan fingerprint density at radius 3 is 2.55 bits per heavy atom. The zero-order valence-corrected chi connectivity index (χ0v) is 12.2. The van der Waals surface area contributed by atoms with Crippen LogP contribution in [-0.2, 0) is 0 Å². The van der Waals surface area contributed by atoms with Crippen LogP contribution >= 0.6 is 11.6 Å². The first kappa shape index (κ1) is 14.4. The molecule has 0 atom stereocenters. The summed E-state index contributed by atoms with van der Waals surface area (Å²) in [6.07, 6.45) is 0. The van der Waals surface area contributed by atoms with Crippen LogP contribution in [-0.4, -0.2) is 12.5 Å².